The molecule has 0 aromatic heterocycles. The van der Waals surface area contributed by atoms with E-state index >= 15 is 0 Å². The third kappa shape index (κ3) is 2.68. The highest BCUT2D eigenvalue weighted by atomic mass is 16.5. The van der Waals surface area contributed by atoms with Crippen LogP contribution >= 0.6 is 0 Å². The van der Waals surface area contributed by atoms with Crippen LogP contribution in [0.4, 0.5) is 0 Å². The molecule has 0 heterocycles. The molecule has 1 aliphatic carbocycles. The van der Waals surface area contributed by atoms with Gasteiger partial charge in [0, 0.05) is 6.04 Å². The third-order valence-electron chi connectivity index (χ3n) is 3.83. The van der Waals surface area contributed by atoms with E-state index in [4.69, 9.17) is 11.2 Å². The van der Waals surface area contributed by atoms with Crippen molar-refractivity contribution < 1.29 is 4.74 Å². The zero-order valence-corrected chi connectivity index (χ0v) is 11.3. The first-order valence-corrected chi connectivity index (χ1v) is 6.61. The molecule has 1 aromatic rings. The Morgan fingerprint density at radius 2 is 2.28 bits per heavy atom. The van der Waals surface area contributed by atoms with Crippen molar-refractivity contribution >= 4 is 0 Å². The van der Waals surface area contributed by atoms with Crippen LogP contribution in [0.25, 0.3) is 0 Å². The van der Waals surface area contributed by atoms with Crippen molar-refractivity contribution in [3.8, 4) is 18.1 Å². The Labute approximate surface area is 110 Å². The predicted molar refractivity (Wildman–Crippen MR) is 74.9 cm³/mol. The minimum Gasteiger partial charge on any atom is -0.497 e. The van der Waals surface area contributed by atoms with Crippen LogP contribution in [0.1, 0.15) is 24.5 Å². The Kier molecular flexibility index (Phi) is 4.28. The molecule has 2 rings (SSSR count). The van der Waals surface area contributed by atoms with Crippen molar-refractivity contribution in [3.05, 3.63) is 29.3 Å². The van der Waals surface area contributed by atoms with Gasteiger partial charge >= 0.3 is 0 Å². The quantitative estimate of drug-likeness (QED) is 0.753. The van der Waals surface area contributed by atoms with E-state index in [1.807, 2.05) is 0 Å². The summed E-state index contributed by atoms with van der Waals surface area (Å²) in [6.07, 6.45) is 8.87. The number of hydrogen-bond acceptors (Lipinski definition) is 2. The van der Waals surface area contributed by atoms with Crippen LogP contribution in [-0.2, 0) is 12.8 Å². The summed E-state index contributed by atoms with van der Waals surface area (Å²) in [5.74, 6) is 3.72. The molecule has 0 amide bonds. The van der Waals surface area contributed by atoms with Gasteiger partial charge in [0.1, 0.15) is 5.75 Å². The zero-order chi connectivity index (χ0) is 13.0. The Morgan fingerprint density at radius 1 is 1.44 bits per heavy atom. The highest BCUT2D eigenvalue weighted by Gasteiger charge is 2.23. The third-order valence-corrected chi connectivity index (χ3v) is 3.83. The molecule has 0 saturated carbocycles. The van der Waals surface area contributed by atoms with Gasteiger partial charge in [-0.3, -0.25) is 4.90 Å². The molecule has 2 nitrogen and oxygen atoms in total. The molecule has 0 bridgehead atoms. The average molecular weight is 243 g/mol. The minimum atomic E-state index is 0.575. The normalized spacial score (nSPS) is 18.2. The summed E-state index contributed by atoms with van der Waals surface area (Å²) in [4.78, 5) is 2.39. The summed E-state index contributed by atoms with van der Waals surface area (Å²) in [6.45, 7) is 3.95. The van der Waals surface area contributed by atoms with E-state index in [9.17, 15) is 0 Å². The summed E-state index contributed by atoms with van der Waals surface area (Å²) in [7, 11) is 1.72. The number of fused-ring (bicyclic) bond motifs is 1. The van der Waals surface area contributed by atoms with Crippen molar-refractivity contribution in [2.24, 2.45) is 0 Å². The maximum absolute atomic E-state index is 5.44. The molecule has 0 saturated heterocycles. The van der Waals surface area contributed by atoms with E-state index in [0.29, 0.717) is 6.04 Å². The van der Waals surface area contributed by atoms with Gasteiger partial charge in [0.15, 0.2) is 0 Å². The molecular weight excluding hydrogens is 222 g/mol. The first-order valence-electron chi connectivity index (χ1n) is 6.61. The summed E-state index contributed by atoms with van der Waals surface area (Å²) < 4.78 is 5.30. The van der Waals surface area contributed by atoms with E-state index < -0.39 is 0 Å². The molecule has 1 aliphatic rings. The molecule has 1 unspecified atom stereocenters. The lowest BCUT2D eigenvalue weighted by Gasteiger charge is -2.33. The number of aryl methyl sites for hydroxylation is 1. The fourth-order valence-corrected chi connectivity index (χ4v) is 2.77. The van der Waals surface area contributed by atoms with Crippen molar-refractivity contribution in [2.45, 2.75) is 32.2 Å². The number of terminal acetylenes is 1. The Balaban J connectivity index is 2.15. The van der Waals surface area contributed by atoms with Gasteiger partial charge in [0.25, 0.3) is 0 Å². The largest absolute Gasteiger partial charge is 0.497 e. The van der Waals surface area contributed by atoms with Gasteiger partial charge in [-0.1, -0.05) is 18.9 Å². The van der Waals surface area contributed by atoms with Crippen LogP contribution in [0.15, 0.2) is 18.2 Å². The van der Waals surface area contributed by atoms with E-state index in [2.05, 4.69) is 35.9 Å². The molecule has 0 spiro atoms. The SMILES string of the molecule is C#CCN(CC)C1CCc2ccc(OC)cc2C1. The summed E-state index contributed by atoms with van der Waals surface area (Å²) >= 11 is 0. The van der Waals surface area contributed by atoms with Gasteiger partial charge in [-0.05, 0) is 49.1 Å². The van der Waals surface area contributed by atoms with Gasteiger partial charge in [-0.15, -0.1) is 6.42 Å². The molecule has 0 N–H and O–H groups in total. The second-order valence-corrected chi connectivity index (χ2v) is 4.80. The lowest BCUT2D eigenvalue weighted by molar-refractivity contribution is 0.212. The van der Waals surface area contributed by atoms with E-state index in [-0.39, 0.29) is 0 Å². The number of hydrogen-bond donors (Lipinski definition) is 0. The first-order chi connectivity index (χ1) is 8.78. The molecule has 18 heavy (non-hydrogen) atoms. The zero-order valence-electron chi connectivity index (χ0n) is 11.3. The number of rotatable bonds is 4. The van der Waals surface area contributed by atoms with Gasteiger partial charge in [0.05, 0.1) is 13.7 Å². The number of nitrogens with zero attached hydrogens (tertiary/aromatic N) is 1. The van der Waals surface area contributed by atoms with Crippen molar-refractivity contribution in [1.29, 1.82) is 0 Å². The number of likely N-dealkylation sites (N-methyl/N-ethyl adjacent to an activating group) is 1. The smallest absolute Gasteiger partial charge is 0.119 e. The number of methoxy groups -OCH3 is 1. The van der Waals surface area contributed by atoms with Crippen LogP contribution in [0.2, 0.25) is 0 Å². The molecule has 1 atom stereocenters. The summed E-state index contributed by atoms with van der Waals surface area (Å²) in [5, 5.41) is 0. The molecule has 0 fully saturated rings. The molecule has 2 heteroatoms. The fraction of sp³-hybridized carbons (Fsp3) is 0.500. The molecule has 0 radical (unpaired) electrons. The molecule has 1 aromatic carbocycles. The van der Waals surface area contributed by atoms with Crippen molar-refractivity contribution in [1.82, 2.24) is 4.90 Å². The predicted octanol–water partition coefficient (Wildman–Crippen LogP) is 2.51. The highest BCUT2D eigenvalue weighted by molar-refractivity contribution is 5.38. The van der Waals surface area contributed by atoms with Crippen LogP contribution in [0.5, 0.6) is 5.75 Å². The number of ether oxygens (including phenoxy) is 1. The monoisotopic (exact) mass is 243 g/mol. The Hall–Kier alpha value is -1.46. The lowest BCUT2D eigenvalue weighted by atomic mass is 9.87. The molecule has 96 valence electrons. The van der Waals surface area contributed by atoms with Crippen LogP contribution in [0, 0.1) is 12.3 Å². The second kappa shape index (κ2) is 5.93. The molecule has 0 aliphatic heterocycles. The van der Waals surface area contributed by atoms with Crippen molar-refractivity contribution in [2.75, 3.05) is 20.2 Å². The average Bonchev–Trinajstić information content (AvgIpc) is 2.43. The van der Waals surface area contributed by atoms with Gasteiger partial charge in [-0.25, -0.2) is 0 Å². The fourth-order valence-electron chi connectivity index (χ4n) is 2.77. The lowest BCUT2D eigenvalue weighted by Crippen LogP contribution is -2.39. The standard InChI is InChI=1S/C16H21NO/c1-4-10-17(5-2)15-8-6-13-7-9-16(18-3)12-14(13)11-15/h1,7,9,12,15H,5-6,8,10-11H2,2-3H3. The van der Waals surface area contributed by atoms with Crippen molar-refractivity contribution in [3.63, 3.8) is 0 Å². The van der Waals surface area contributed by atoms with Crippen LogP contribution in [-0.4, -0.2) is 31.1 Å². The van der Waals surface area contributed by atoms with Gasteiger partial charge in [0.2, 0.25) is 0 Å². The second-order valence-electron chi connectivity index (χ2n) is 4.80. The highest BCUT2D eigenvalue weighted by Crippen LogP contribution is 2.27. The summed E-state index contributed by atoms with van der Waals surface area (Å²) in [6, 6.07) is 7.00. The summed E-state index contributed by atoms with van der Waals surface area (Å²) in [5.41, 5.74) is 2.88. The first kappa shape index (κ1) is 13.0. The Bertz CT molecular complexity index is 447. The maximum Gasteiger partial charge on any atom is 0.119 e. The van der Waals surface area contributed by atoms with Crippen LogP contribution in [0.3, 0.4) is 0 Å². The van der Waals surface area contributed by atoms with Gasteiger partial charge < -0.3 is 4.74 Å². The maximum atomic E-state index is 5.44. The van der Waals surface area contributed by atoms with Gasteiger partial charge in [-0.2, -0.15) is 0 Å². The van der Waals surface area contributed by atoms with E-state index in [0.717, 1.165) is 31.7 Å². The van der Waals surface area contributed by atoms with E-state index in [1.165, 1.54) is 17.5 Å². The Morgan fingerprint density at radius 3 is 2.94 bits per heavy atom. The molecular formula is C16H21NO. The van der Waals surface area contributed by atoms with E-state index in [1.54, 1.807) is 7.11 Å². The minimum absolute atomic E-state index is 0.575. The topological polar surface area (TPSA) is 12.5 Å². The number of benzene rings is 1. The van der Waals surface area contributed by atoms with Crippen LogP contribution < -0.4 is 4.74 Å².